The minimum atomic E-state index is -0.774. The van der Waals surface area contributed by atoms with E-state index in [1.54, 1.807) is 0 Å². The van der Waals surface area contributed by atoms with Crippen molar-refractivity contribution in [2.75, 3.05) is 0 Å². The van der Waals surface area contributed by atoms with Gasteiger partial charge in [0, 0.05) is 30.5 Å². The van der Waals surface area contributed by atoms with Crippen LogP contribution in [0.5, 0.6) is 5.88 Å². The van der Waals surface area contributed by atoms with E-state index >= 15 is 0 Å². The lowest BCUT2D eigenvalue weighted by Crippen LogP contribution is -2.37. The summed E-state index contributed by atoms with van der Waals surface area (Å²) in [6, 6.07) is 5.67. The summed E-state index contributed by atoms with van der Waals surface area (Å²) in [6.45, 7) is 3.88. The number of hydrogen-bond donors (Lipinski definition) is 2. The molecule has 28 heavy (non-hydrogen) atoms. The van der Waals surface area contributed by atoms with Crippen LogP contribution in [0.25, 0.3) is 0 Å². The van der Waals surface area contributed by atoms with Gasteiger partial charge in [0.25, 0.3) is 11.2 Å². The second kappa shape index (κ2) is 6.01. The number of carbonyl (C=O) groups is 1. The molecule has 4 rings (SSSR count). The quantitative estimate of drug-likeness (QED) is 0.602. The molecule has 1 aliphatic heterocycles. The molecule has 2 aliphatic rings. The third-order valence-electron chi connectivity index (χ3n) is 5.06. The largest absolute Gasteiger partial charge is 0.444 e. The van der Waals surface area contributed by atoms with E-state index in [-0.39, 0.29) is 34.7 Å². The summed E-state index contributed by atoms with van der Waals surface area (Å²) >= 11 is 0. The zero-order valence-electron chi connectivity index (χ0n) is 15.2. The SMILES string of the molecule is CC1(C)CC(=O)C2=C(C1)Oc1[nH]c(=O)[nH]c(=O)c1C2c1ccc([N+](=O)[O-])cc1. The molecule has 0 radical (unpaired) electrons. The molecule has 0 bridgehead atoms. The highest BCUT2D eigenvalue weighted by Gasteiger charge is 2.43. The van der Waals surface area contributed by atoms with E-state index in [0.29, 0.717) is 23.3 Å². The van der Waals surface area contributed by atoms with Crippen molar-refractivity contribution in [1.82, 2.24) is 9.97 Å². The Hall–Kier alpha value is -3.49. The topological polar surface area (TPSA) is 135 Å². The Morgan fingerprint density at radius 3 is 2.43 bits per heavy atom. The maximum absolute atomic E-state index is 13.0. The van der Waals surface area contributed by atoms with Gasteiger partial charge in [-0.05, 0) is 11.0 Å². The maximum atomic E-state index is 13.0. The van der Waals surface area contributed by atoms with Gasteiger partial charge in [-0.15, -0.1) is 0 Å². The van der Waals surface area contributed by atoms with Crippen molar-refractivity contribution >= 4 is 11.5 Å². The van der Waals surface area contributed by atoms with Crippen molar-refractivity contribution in [3.63, 3.8) is 0 Å². The molecule has 0 saturated heterocycles. The van der Waals surface area contributed by atoms with Crippen LogP contribution in [0.4, 0.5) is 5.69 Å². The molecule has 144 valence electrons. The number of hydrogen-bond acceptors (Lipinski definition) is 6. The number of nitrogens with zero attached hydrogens (tertiary/aromatic N) is 1. The van der Waals surface area contributed by atoms with Crippen LogP contribution in [0.3, 0.4) is 0 Å². The van der Waals surface area contributed by atoms with Gasteiger partial charge in [0.05, 0.1) is 16.4 Å². The minimum Gasteiger partial charge on any atom is -0.444 e. The summed E-state index contributed by atoms with van der Waals surface area (Å²) in [5, 5.41) is 11.0. The first-order valence-corrected chi connectivity index (χ1v) is 8.71. The number of non-ortho nitro benzene ring substituents is 1. The van der Waals surface area contributed by atoms with Crippen molar-refractivity contribution < 1.29 is 14.5 Å². The van der Waals surface area contributed by atoms with Crippen LogP contribution in [-0.2, 0) is 4.79 Å². The zero-order chi connectivity index (χ0) is 20.2. The molecule has 2 aromatic rings. The van der Waals surface area contributed by atoms with Crippen LogP contribution >= 0.6 is 0 Å². The van der Waals surface area contributed by atoms with E-state index in [1.165, 1.54) is 24.3 Å². The minimum absolute atomic E-state index is 0.00125. The molecule has 1 aromatic heterocycles. The Morgan fingerprint density at radius 2 is 1.79 bits per heavy atom. The summed E-state index contributed by atoms with van der Waals surface area (Å²) < 4.78 is 5.79. The van der Waals surface area contributed by atoms with Crippen LogP contribution < -0.4 is 16.0 Å². The molecule has 0 amide bonds. The Bertz CT molecular complexity index is 1150. The number of nitrogens with one attached hydrogen (secondary N) is 2. The molecule has 1 atom stereocenters. The third kappa shape index (κ3) is 2.84. The summed E-state index contributed by atoms with van der Waals surface area (Å²) in [5.41, 5.74) is -0.791. The van der Waals surface area contributed by atoms with Crippen LogP contribution in [0.2, 0.25) is 0 Å². The highest BCUT2D eigenvalue weighted by Crippen LogP contribution is 2.48. The molecule has 0 fully saturated rings. The second-order valence-electron chi connectivity index (χ2n) is 7.81. The molecule has 0 spiro atoms. The first-order valence-electron chi connectivity index (χ1n) is 8.71. The summed E-state index contributed by atoms with van der Waals surface area (Å²) in [5.74, 6) is -0.505. The van der Waals surface area contributed by atoms with Gasteiger partial charge in [0.15, 0.2) is 5.78 Å². The third-order valence-corrected chi connectivity index (χ3v) is 5.06. The van der Waals surface area contributed by atoms with Gasteiger partial charge >= 0.3 is 5.69 Å². The lowest BCUT2D eigenvalue weighted by molar-refractivity contribution is -0.384. The van der Waals surface area contributed by atoms with E-state index in [4.69, 9.17) is 4.74 Å². The van der Waals surface area contributed by atoms with Gasteiger partial charge in [-0.1, -0.05) is 26.0 Å². The van der Waals surface area contributed by atoms with Gasteiger partial charge in [-0.3, -0.25) is 29.7 Å². The predicted molar refractivity (Wildman–Crippen MR) is 98.3 cm³/mol. The lowest BCUT2D eigenvalue weighted by Gasteiger charge is -2.37. The smallest absolute Gasteiger partial charge is 0.328 e. The number of ketones is 1. The zero-order valence-corrected chi connectivity index (χ0v) is 15.2. The number of aromatic amines is 2. The number of rotatable bonds is 2. The van der Waals surface area contributed by atoms with Crippen molar-refractivity contribution in [2.24, 2.45) is 5.41 Å². The Kier molecular flexibility index (Phi) is 3.84. The number of aromatic nitrogens is 2. The van der Waals surface area contributed by atoms with Gasteiger partial charge in [-0.25, -0.2) is 4.79 Å². The van der Waals surface area contributed by atoms with Crippen LogP contribution in [-0.4, -0.2) is 20.7 Å². The number of carbonyl (C=O) groups excluding carboxylic acids is 1. The normalized spacial score (nSPS) is 20.2. The van der Waals surface area contributed by atoms with Gasteiger partial charge in [0.1, 0.15) is 5.76 Å². The number of Topliss-reactive ketones (excluding diaryl/α,β-unsaturated/α-hetero) is 1. The predicted octanol–water partition coefficient (Wildman–Crippen LogP) is 2.14. The highest BCUT2D eigenvalue weighted by molar-refractivity contribution is 6.00. The summed E-state index contributed by atoms with van der Waals surface area (Å²) in [4.78, 5) is 52.3. The first-order chi connectivity index (χ1) is 13.2. The molecule has 9 nitrogen and oxygen atoms in total. The number of nitro benzene ring substituents is 1. The van der Waals surface area contributed by atoms with E-state index < -0.39 is 22.1 Å². The second-order valence-corrected chi connectivity index (χ2v) is 7.81. The van der Waals surface area contributed by atoms with Crippen molar-refractivity contribution in [3.8, 4) is 5.88 Å². The fourth-order valence-electron chi connectivity index (χ4n) is 3.90. The molecular formula is C19H17N3O6. The molecule has 1 unspecified atom stereocenters. The molecule has 0 saturated carbocycles. The fraction of sp³-hybridized carbons (Fsp3) is 0.316. The van der Waals surface area contributed by atoms with E-state index in [2.05, 4.69) is 9.97 Å². The van der Waals surface area contributed by atoms with Crippen molar-refractivity contribution in [1.29, 1.82) is 0 Å². The fourth-order valence-corrected chi connectivity index (χ4v) is 3.90. The number of nitro groups is 1. The van der Waals surface area contributed by atoms with E-state index in [0.717, 1.165) is 0 Å². The average molecular weight is 383 g/mol. The number of fused-ring (bicyclic) bond motifs is 1. The molecule has 2 heterocycles. The summed E-state index contributed by atoms with van der Waals surface area (Å²) in [6.07, 6.45) is 0.751. The first kappa shape index (κ1) is 17.9. The van der Waals surface area contributed by atoms with Crippen molar-refractivity contribution in [3.05, 3.63) is 77.7 Å². The van der Waals surface area contributed by atoms with Crippen molar-refractivity contribution in [2.45, 2.75) is 32.6 Å². The summed E-state index contributed by atoms with van der Waals surface area (Å²) in [7, 11) is 0. The molecule has 1 aliphatic carbocycles. The molecule has 9 heteroatoms. The monoisotopic (exact) mass is 383 g/mol. The Balaban J connectivity index is 1.96. The van der Waals surface area contributed by atoms with E-state index in [9.17, 15) is 24.5 Å². The van der Waals surface area contributed by atoms with Crippen LogP contribution in [0.15, 0.2) is 45.2 Å². The van der Waals surface area contributed by atoms with E-state index in [1.807, 2.05) is 13.8 Å². The molecule has 1 aromatic carbocycles. The van der Waals surface area contributed by atoms with Crippen LogP contribution in [0.1, 0.15) is 43.7 Å². The number of benzene rings is 1. The lowest BCUT2D eigenvalue weighted by atomic mass is 9.70. The number of allylic oxidation sites excluding steroid dienone is 2. The molecule has 2 N–H and O–H groups in total. The maximum Gasteiger partial charge on any atom is 0.328 e. The average Bonchev–Trinajstić information content (AvgIpc) is 2.58. The standard InChI is InChI=1S/C19H17N3O6/c1-19(2)7-11(23)14-12(8-19)28-17-15(16(24)20-18(25)21-17)13(14)9-3-5-10(6-4-9)22(26)27/h3-6,13H,7-8H2,1-2H3,(H2,20,21,24,25). The van der Waals surface area contributed by atoms with Crippen LogP contribution in [0, 0.1) is 15.5 Å². The van der Waals surface area contributed by atoms with Gasteiger partial charge in [-0.2, -0.15) is 0 Å². The Labute approximate surface area is 158 Å². The van der Waals surface area contributed by atoms with Gasteiger partial charge in [0.2, 0.25) is 5.88 Å². The Morgan fingerprint density at radius 1 is 1.11 bits per heavy atom. The molecular weight excluding hydrogens is 366 g/mol. The van der Waals surface area contributed by atoms with Gasteiger partial charge < -0.3 is 4.74 Å². The highest BCUT2D eigenvalue weighted by atomic mass is 16.6. The number of H-pyrrole nitrogens is 2. The number of ether oxygens (including phenoxy) is 1.